The lowest BCUT2D eigenvalue weighted by atomic mass is 10.2. The fourth-order valence-electron chi connectivity index (χ4n) is 1.15. The van der Waals surface area contributed by atoms with Crippen LogP contribution < -0.4 is 4.74 Å². The number of rotatable bonds is 3. The Bertz CT molecular complexity index is 289. The van der Waals surface area contributed by atoms with Crippen LogP contribution in [0.5, 0.6) is 5.75 Å². The summed E-state index contributed by atoms with van der Waals surface area (Å²) >= 11 is 5.89. The van der Waals surface area contributed by atoms with Gasteiger partial charge in [-0.2, -0.15) is 5.06 Å². The van der Waals surface area contributed by atoms with Gasteiger partial charge in [0.05, 0.1) is 18.7 Å². The van der Waals surface area contributed by atoms with Gasteiger partial charge in [-0.3, -0.25) is 0 Å². The second-order valence-electron chi connectivity index (χ2n) is 2.75. The zero-order valence-electron chi connectivity index (χ0n) is 7.62. The number of ether oxygens (including phenoxy) is 1. The van der Waals surface area contributed by atoms with Crippen LogP contribution in [0.25, 0.3) is 0 Å². The molecular weight excluding hydrogens is 190 g/mol. The standard InChI is InChI=1S/C9H12ClNO2/c1-11(12)6-7-4-3-5-8(10)9(7)13-2/h3-5,12H,6H2,1-2H3. The molecule has 0 bridgehead atoms. The molecule has 1 aromatic rings. The van der Waals surface area contributed by atoms with Crippen LogP contribution in [0.1, 0.15) is 5.56 Å². The van der Waals surface area contributed by atoms with E-state index in [1.807, 2.05) is 12.1 Å². The van der Waals surface area contributed by atoms with Crippen molar-refractivity contribution in [2.24, 2.45) is 0 Å². The van der Waals surface area contributed by atoms with E-state index in [2.05, 4.69) is 0 Å². The van der Waals surface area contributed by atoms with E-state index in [-0.39, 0.29) is 0 Å². The Balaban J connectivity index is 2.98. The number of methoxy groups -OCH3 is 1. The lowest BCUT2D eigenvalue weighted by Gasteiger charge is -2.12. The summed E-state index contributed by atoms with van der Waals surface area (Å²) in [5.74, 6) is 0.616. The summed E-state index contributed by atoms with van der Waals surface area (Å²) in [6, 6.07) is 5.43. The van der Waals surface area contributed by atoms with Gasteiger partial charge in [0.2, 0.25) is 0 Å². The number of hydrogen-bond donors (Lipinski definition) is 1. The molecule has 0 atom stereocenters. The first-order valence-electron chi connectivity index (χ1n) is 3.86. The average Bonchev–Trinajstić information content (AvgIpc) is 2.03. The van der Waals surface area contributed by atoms with Crippen LogP contribution >= 0.6 is 11.6 Å². The Labute approximate surface area is 82.5 Å². The number of hydrogen-bond acceptors (Lipinski definition) is 3. The molecule has 0 aliphatic carbocycles. The van der Waals surface area contributed by atoms with Crippen LogP contribution in [0.3, 0.4) is 0 Å². The van der Waals surface area contributed by atoms with Gasteiger partial charge in [0.25, 0.3) is 0 Å². The molecule has 0 aliphatic heterocycles. The molecule has 72 valence electrons. The molecule has 0 saturated carbocycles. The van der Waals surface area contributed by atoms with Crippen LogP contribution in [0.4, 0.5) is 0 Å². The van der Waals surface area contributed by atoms with E-state index in [0.717, 1.165) is 10.6 Å². The number of nitrogens with zero attached hydrogens (tertiary/aromatic N) is 1. The van der Waals surface area contributed by atoms with Crippen molar-refractivity contribution < 1.29 is 9.94 Å². The summed E-state index contributed by atoms with van der Waals surface area (Å²) in [7, 11) is 3.13. The summed E-state index contributed by atoms with van der Waals surface area (Å²) < 4.78 is 5.11. The summed E-state index contributed by atoms with van der Waals surface area (Å²) in [6.45, 7) is 0.393. The highest BCUT2D eigenvalue weighted by atomic mass is 35.5. The maximum Gasteiger partial charge on any atom is 0.142 e. The van der Waals surface area contributed by atoms with Crippen LogP contribution in [-0.4, -0.2) is 24.4 Å². The van der Waals surface area contributed by atoms with Gasteiger partial charge in [-0.25, -0.2) is 0 Å². The first-order valence-corrected chi connectivity index (χ1v) is 4.24. The number of benzene rings is 1. The minimum Gasteiger partial charge on any atom is -0.495 e. The quantitative estimate of drug-likeness (QED) is 0.761. The van der Waals surface area contributed by atoms with Crippen LogP contribution in [0, 0.1) is 0 Å². The first-order chi connectivity index (χ1) is 6.15. The second kappa shape index (κ2) is 4.46. The van der Waals surface area contributed by atoms with Gasteiger partial charge in [-0.05, 0) is 6.07 Å². The Morgan fingerprint density at radius 1 is 1.54 bits per heavy atom. The van der Waals surface area contributed by atoms with Crippen molar-refractivity contribution in [3.05, 3.63) is 28.8 Å². The molecule has 0 amide bonds. The van der Waals surface area contributed by atoms with Gasteiger partial charge in [0, 0.05) is 12.6 Å². The Kier molecular flexibility index (Phi) is 3.54. The van der Waals surface area contributed by atoms with Gasteiger partial charge in [0.1, 0.15) is 5.75 Å². The normalized spacial score (nSPS) is 10.5. The lowest BCUT2D eigenvalue weighted by molar-refractivity contribution is -0.0735. The number of hydroxylamine groups is 2. The van der Waals surface area contributed by atoms with E-state index in [1.165, 1.54) is 0 Å². The summed E-state index contributed by atoms with van der Waals surface area (Å²) in [6.07, 6.45) is 0. The van der Waals surface area contributed by atoms with Crippen molar-refractivity contribution in [3.63, 3.8) is 0 Å². The topological polar surface area (TPSA) is 32.7 Å². The highest BCUT2D eigenvalue weighted by Crippen LogP contribution is 2.28. The number of para-hydroxylation sites is 1. The second-order valence-corrected chi connectivity index (χ2v) is 3.16. The van der Waals surface area contributed by atoms with Crippen molar-refractivity contribution in [2.45, 2.75) is 6.54 Å². The van der Waals surface area contributed by atoms with E-state index in [0.29, 0.717) is 17.3 Å². The van der Waals surface area contributed by atoms with Crippen LogP contribution in [-0.2, 0) is 6.54 Å². The van der Waals surface area contributed by atoms with Crippen LogP contribution in [0.15, 0.2) is 18.2 Å². The predicted octanol–water partition coefficient (Wildman–Crippen LogP) is 2.17. The molecule has 1 N–H and O–H groups in total. The van der Waals surface area contributed by atoms with Gasteiger partial charge >= 0.3 is 0 Å². The van der Waals surface area contributed by atoms with Gasteiger partial charge in [0.15, 0.2) is 0 Å². The maximum atomic E-state index is 9.05. The summed E-state index contributed by atoms with van der Waals surface area (Å²) in [4.78, 5) is 0. The maximum absolute atomic E-state index is 9.05. The van der Waals surface area contributed by atoms with E-state index in [1.54, 1.807) is 20.2 Å². The highest BCUT2D eigenvalue weighted by molar-refractivity contribution is 6.32. The fraction of sp³-hybridized carbons (Fsp3) is 0.333. The molecule has 0 aliphatic rings. The molecule has 0 aromatic heterocycles. The minimum atomic E-state index is 0.393. The van der Waals surface area contributed by atoms with Crippen LogP contribution in [0.2, 0.25) is 5.02 Å². The largest absolute Gasteiger partial charge is 0.495 e. The minimum absolute atomic E-state index is 0.393. The third kappa shape index (κ3) is 2.59. The van der Waals surface area contributed by atoms with Crippen molar-refractivity contribution >= 4 is 11.6 Å². The van der Waals surface area contributed by atoms with Crippen molar-refractivity contribution in [2.75, 3.05) is 14.2 Å². The van der Waals surface area contributed by atoms with Gasteiger partial charge < -0.3 is 9.94 Å². The van der Waals surface area contributed by atoms with E-state index < -0.39 is 0 Å². The molecule has 1 rings (SSSR count). The third-order valence-electron chi connectivity index (χ3n) is 1.65. The van der Waals surface area contributed by atoms with Gasteiger partial charge in [-0.1, -0.05) is 23.7 Å². The zero-order chi connectivity index (χ0) is 9.84. The van der Waals surface area contributed by atoms with E-state index in [9.17, 15) is 0 Å². The van der Waals surface area contributed by atoms with Crippen molar-refractivity contribution in [1.82, 2.24) is 5.06 Å². The zero-order valence-corrected chi connectivity index (χ0v) is 8.38. The average molecular weight is 202 g/mol. The first kappa shape index (κ1) is 10.3. The molecule has 0 saturated heterocycles. The van der Waals surface area contributed by atoms with Gasteiger partial charge in [-0.15, -0.1) is 0 Å². The molecule has 0 radical (unpaired) electrons. The molecule has 0 spiro atoms. The predicted molar refractivity (Wildman–Crippen MR) is 51.3 cm³/mol. The summed E-state index contributed by atoms with van der Waals surface area (Å²) in [5.41, 5.74) is 0.861. The third-order valence-corrected chi connectivity index (χ3v) is 1.95. The lowest BCUT2D eigenvalue weighted by Crippen LogP contribution is -2.12. The SMILES string of the molecule is COc1c(Cl)cccc1CN(C)O. The molecule has 0 fully saturated rings. The Morgan fingerprint density at radius 2 is 2.23 bits per heavy atom. The molecular formula is C9H12ClNO2. The molecule has 4 heteroatoms. The van der Waals surface area contributed by atoms with Crippen molar-refractivity contribution in [1.29, 1.82) is 0 Å². The van der Waals surface area contributed by atoms with E-state index in [4.69, 9.17) is 21.5 Å². The van der Waals surface area contributed by atoms with E-state index >= 15 is 0 Å². The molecule has 1 aromatic carbocycles. The molecule has 13 heavy (non-hydrogen) atoms. The van der Waals surface area contributed by atoms with Crippen molar-refractivity contribution in [3.8, 4) is 5.75 Å². The number of halogens is 1. The Hall–Kier alpha value is -0.770. The Morgan fingerprint density at radius 3 is 2.77 bits per heavy atom. The fourth-order valence-corrected chi connectivity index (χ4v) is 1.42. The highest BCUT2D eigenvalue weighted by Gasteiger charge is 2.07. The smallest absolute Gasteiger partial charge is 0.142 e. The monoisotopic (exact) mass is 201 g/mol. The molecule has 3 nitrogen and oxygen atoms in total. The summed E-state index contributed by atoms with van der Waals surface area (Å²) in [5, 5.41) is 10.7. The molecule has 0 heterocycles. The molecule has 0 unspecified atom stereocenters.